The lowest BCUT2D eigenvalue weighted by molar-refractivity contribution is -0.0651. The van der Waals surface area contributed by atoms with Crippen LogP contribution in [0.1, 0.15) is 12.8 Å². The van der Waals surface area contributed by atoms with Gasteiger partial charge in [0, 0.05) is 25.8 Å². The predicted molar refractivity (Wildman–Crippen MR) is 47.5 cm³/mol. The van der Waals surface area contributed by atoms with Crippen molar-refractivity contribution in [2.45, 2.75) is 12.8 Å². The summed E-state index contributed by atoms with van der Waals surface area (Å²) in [4.78, 5) is 0. The summed E-state index contributed by atoms with van der Waals surface area (Å²) in [5.74, 6) is 0. The van der Waals surface area contributed by atoms with Crippen LogP contribution in [-0.2, 0) is 4.74 Å². The third-order valence-electron chi connectivity index (χ3n) is 2.39. The molecule has 12 heavy (non-hydrogen) atoms. The maximum absolute atomic E-state index is 5.30. The summed E-state index contributed by atoms with van der Waals surface area (Å²) in [5, 5.41) is 4.70. The predicted octanol–water partition coefficient (Wildman–Crippen LogP) is 0.843. The van der Waals surface area contributed by atoms with Gasteiger partial charge in [-0.25, -0.2) is 5.01 Å². The molecular formula is C9H16N2O. The van der Waals surface area contributed by atoms with Crippen LogP contribution in [0.4, 0.5) is 0 Å². The van der Waals surface area contributed by atoms with Crippen LogP contribution in [-0.4, -0.2) is 42.9 Å². The topological polar surface area (TPSA) is 15.7 Å². The molecule has 0 unspecified atom stereocenters. The molecule has 3 heteroatoms. The van der Waals surface area contributed by atoms with Gasteiger partial charge < -0.3 is 9.75 Å². The Balaban J connectivity index is 1.88. The van der Waals surface area contributed by atoms with E-state index in [9.17, 15) is 0 Å². The van der Waals surface area contributed by atoms with E-state index >= 15 is 0 Å². The lowest BCUT2D eigenvalue weighted by atomic mass is 10.2. The van der Waals surface area contributed by atoms with E-state index in [1.165, 1.54) is 19.4 Å². The molecule has 3 nitrogen and oxygen atoms in total. The van der Waals surface area contributed by atoms with Crippen molar-refractivity contribution in [2.75, 3.05) is 32.8 Å². The van der Waals surface area contributed by atoms with Crippen molar-refractivity contribution in [3.8, 4) is 0 Å². The average Bonchev–Trinajstić information content (AvgIpc) is 2.21. The van der Waals surface area contributed by atoms with Gasteiger partial charge in [-0.2, -0.15) is 0 Å². The Hall–Kier alpha value is -0.540. The molecule has 0 aromatic carbocycles. The van der Waals surface area contributed by atoms with Gasteiger partial charge in [-0.15, -0.1) is 0 Å². The fraction of sp³-hybridized carbons (Fsp3) is 0.778. The highest BCUT2D eigenvalue weighted by Gasteiger charge is 2.16. The van der Waals surface area contributed by atoms with Crippen LogP contribution in [0.2, 0.25) is 0 Å². The minimum atomic E-state index is 0.879. The molecule has 0 aliphatic carbocycles. The summed E-state index contributed by atoms with van der Waals surface area (Å²) >= 11 is 0. The van der Waals surface area contributed by atoms with Crippen molar-refractivity contribution in [3.63, 3.8) is 0 Å². The second-order valence-corrected chi connectivity index (χ2v) is 3.26. The van der Waals surface area contributed by atoms with Crippen LogP contribution < -0.4 is 0 Å². The largest absolute Gasteiger partial charge is 0.379 e. The molecule has 0 atom stereocenters. The van der Waals surface area contributed by atoms with Crippen LogP contribution in [0.15, 0.2) is 12.3 Å². The van der Waals surface area contributed by atoms with Crippen molar-refractivity contribution < 1.29 is 4.74 Å². The quantitative estimate of drug-likeness (QED) is 0.577. The first-order valence-electron chi connectivity index (χ1n) is 4.73. The summed E-state index contributed by atoms with van der Waals surface area (Å²) in [7, 11) is 0. The standard InChI is InChI=1S/C9H16N2O/c1-2-4-10(5-3-1)11-6-8-12-9-7-11/h2,4H,1,3,5-9H2. The van der Waals surface area contributed by atoms with E-state index in [0.717, 1.165) is 26.3 Å². The van der Waals surface area contributed by atoms with Gasteiger partial charge in [0.15, 0.2) is 0 Å². The van der Waals surface area contributed by atoms with E-state index in [0.29, 0.717) is 0 Å². The third kappa shape index (κ3) is 1.79. The Morgan fingerprint density at radius 2 is 1.92 bits per heavy atom. The zero-order valence-corrected chi connectivity index (χ0v) is 7.41. The number of rotatable bonds is 1. The molecule has 2 aliphatic heterocycles. The molecule has 0 N–H and O–H groups in total. The van der Waals surface area contributed by atoms with Crippen LogP contribution in [0.5, 0.6) is 0 Å². The molecule has 1 fully saturated rings. The summed E-state index contributed by atoms with van der Waals surface area (Å²) in [5.41, 5.74) is 0. The van der Waals surface area contributed by atoms with Crippen LogP contribution in [0.25, 0.3) is 0 Å². The highest BCUT2D eigenvalue weighted by Crippen LogP contribution is 2.10. The fourth-order valence-electron chi connectivity index (χ4n) is 1.69. The van der Waals surface area contributed by atoms with Gasteiger partial charge in [-0.1, -0.05) is 6.08 Å². The van der Waals surface area contributed by atoms with E-state index in [-0.39, 0.29) is 0 Å². The molecule has 0 bridgehead atoms. The number of hydrogen-bond acceptors (Lipinski definition) is 3. The molecule has 0 aromatic heterocycles. The van der Waals surface area contributed by atoms with Gasteiger partial charge in [0.2, 0.25) is 0 Å². The second-order valence-electron chi connectivity index (χ2n) is 3.26. The summed E-state index contributed by atoms with van der Waals surface area (Å²) < 4.78 is 5.30. The minimum absolute atomic E-state index is 0.879. The minimum Gasteiger partial charge on any atom is -0.379 e. The number of allylic oxidation sites excluding steroid dienone is 1. The first-order valence-corrected chi connectivity index (χ1v) is 4.73. The van der Waals surface area contributed by atoms with E-state index in [1.807, 2.05) is 0 Å². The number of hydrazine groups is 1. The lowest BCUT2D eigenvalue weighted by Gasteiger charge is -2.37. The number of ether oxygens (including phenoxy) is 1. The highest BCUT2D eigenvalue weighted by atomic mass is 16.5. The molecule has 68 valence electrons. The smallest absolute Gasteiger partial charge is 0.0612 e. The SMILES string of the molecule is C1=CN(N2CCOCC2)CCC1. The molecule has 2 rings (SSSR count). The van der Waals surface area contributed by atoms with Crippen molar-refractivity contribution in [1.29, 1.82) is 0 Å². The number of morpholine rings is 1. The van der Waals surface area contributed by atoms with Crippen molar-refractivity contribution in [1.82, 2.24) is 10.0 Å². The molecule has 0 aromatic rings. The van der Waals surface area contributed by atoms with Crippen molar-refractivity contribution >= 4 is 0 Å². The van der Waals surface area contributed by atoms with Gasteiger partial charge in [-0.3, -0.25) is 0 Å². The Morgan fingerprint density at radius 3 is 2.58 bits per heavy atom. The Morgan fingerprint density at radius 1 is 1.08 bits per heavy atom. The van der Waals surface area contributed by atoms with Crippen LogP contribution >= 0.6 is 0 Å². The van der Waals surface area contributed by atoms with E-state index in [1.54, 1.807) is 0 Å². The van der Waals surface area contributed by atoms with Gasteiger partial charge in [0.05, 0.1) is 13.2 Å². The van der Waals surface area contributed by atoms with Crippen molar-refractivity contribution in [3.05, 3.63) is 12.3 Å². The Kier molecular flexibility index (Phi) is 2.64. The third-order valence-corrected chi connectivity index (χ3v) is 2.39. The molecular weight excluding hydrogens is 152 g/mol. The zero-order chi connectivity index (χ0) is 8.23. The summed E-state index contributed by atoms with van der Waals surface area (Å²) in [6.45, 7) is 5.03. The zero-order valence-electron chi connectivity index (χ0n) is 7.41. The molecule has 0 spiro atoms. The summed E-state index contributed by atoms with van der Waals surface area (Å²) in [6, 6.07) is 0. The van der Waals surface area contributed by atoms with Crippen molar-refractivity contribution in [2.24, 2.45) is 0 Å². The van der Waals surface area contributed by atoms with Gasteiger partial charge >= 0.3 is 0 Å². The van der Waals surface area contributed by atoms with Gasteiger partial charge in [0.1, 0.15) is 0 Å². The summed E-state index contributed by atoms with van der Waals surface area (Å²) in [6.07, 6.45) is 6.97. The first kappa shape index (κ1) is 8.08. The lowest BCUT2D eigenvalue weighted by Crippen LogP contribution is -2.47. The van der Waals surface area contributed by atoms with E-state index in [4.69, 9.17) is 4.74 Å². The van der Waals surface area contributed by atoms with Crippen LogP contribution in [0, 0.1) is 0 Å². The average molecular weight is 168 g/mol. The Labute approximate surface area is 73.6 Å². The fourth-order valence-corrected chi connectivity index (χ4v) is 1.69. The highest BCUT2D eigenvalue weighted by molar-refractivity contribution is 4.86. The molecule has 2 aliphatic rings. The van der Waals surface area contributed by atoms with E-state index < -0.39 is 0 Å². The van der Waals surface area contributed by atoms with Crippen LogP contribution in [0.3, 0.4) is 0 Å². The number of hydrogen-bond donors (Lipinski definition) is 0. The van der Waals surface area contributed by atoms with Gasteiger partial charge in [0.25, 0.3) is 0 Å². The number of nitrogens with zero attached hydrogens (tertiary/aromatic N) is 2. The van der Waals surface area contributed by atoms with E-state index in [2.05, 4.69) is 22.3 Å². The molecule has 0 amide bonds. The second kappa shape index (κ2) is 3.92. The maximum Gasteiger partial charge on any atom is 0.0612 e. The molecule has 1 saturated heterocycles. The first-order chi connectivity index (χ1) is 5.97. The molecule has 2 heterocycles. The normalized spacial score (nSPS) is 26.2. The molecule has 0 saturated carbocycles. The Bertz CT molecular complexity index is 164. The molecule has 0 radical (unpaired) electrons. The van der Waals surface area contributed by atoms with Gasteiger partial charge in [-0.05, 0) is 12.8 Å². The maximum atomic E-state index is 5.30. The monoisotopic (exact) mass is 168 g/mol.